The maximum atomic E-state index is 11.4. The van der Waals surface area contributed by atoms with Gasteiger partial charge in [-0.3, -0.25) is 0 Å². The zero-order valence-electron chi connectivity index (χ0n) is 12.3. The van der Waals surface area contributed by atoms with E-state index in [1.54, 1.807) is 0 Å². The molecule has 20 heavy (non-hydrogen) atoms. The van der Waals surface area contributed by atoms with Gasteiger partial charge in [0.05, 0.1) is 0 Å². The molecule has 1 heterocycles. The second-order valence-corrected chi connectivity index (χ2v) is 5.69. The zero-order valence-corrected chi connectivity index (χ0v) is 12.3. The molecule has 2 rings (SSSR count). The molecule has 1 unspecified atom stereocenters. The van der Waals surface area contributed by atoms with Gasteiger partial charge in [-0.05, 0) is 56.4 Å². The van der Waals surface area contributed by atoms with Crippen LogP contribution in [-0.4, -0.2) is 30.8 Å². The smallest absolute Gasteiger partial charge is 0.127 e. The third-order valence-electron chi connectivity index (χ3n) is 4.28. The van der Waals surface area contributed by atoms with Gasteiger partial charge in [0.25, 0.3) is 0 Å². The third kappa shape index (κ3) is 4.15. The first-order valence-electron chi connectivity index (χ1n) is 7.80. The number of nitrogens with zero attached hydrogens (tertiary/aromatic N) is 1. The number of hydrogen-bond donors (Lipinski definition) is 1. The lowest BCUT2D eigenvalue weighted by molar-refractivity contribution is -0.109. The number of piperidine rings is 1. The molecule has 0 aliphatic carbocycles. The fourth-order valence-electron chi connectivity index (χ4n) is 3.10. The molecule has 1 aliphatic heterocycles. The molecule has 2 N–H and O–H groups in total. The molecule has 0 saturated carbocycles. The lowest BCUT2D eigenvalue weighted by Crippen LogP contribution is -2.30. The van der Waals surface area contributed by atoms with Crippen molar-refractivity contribution in [2.24, 2.45) is 5.73 Å². The molecule has 1 fully saturated rings. The van der Waals surface area contributed by atoms with E-state index in [1.165, 1.54) is 32.4 Å². The Bertz CT molecular complexity index is 413. The summed E-state index contributed by atoms with van der Waals surface area (Å²) in [5, 5.41) is 0. The van der Waals surface area contributed by atoms with E-state index in [2.05, 4.69) is 4.90 Å². The molecule has 1 aromatic rings. The fraction of sp³-hybridized carbons (Fsp3) is 0.588. The van der Waals surface area contributed by atoms with Crippen LogP contribution in [0, 0.1) is 0 Å². The topological polar surface area (TPSA) is 46.3 Å². The van der Waals surface area contributed by atoms with Crippen molar-refractivity contribution >= 4 is 6.29 Å². The SMILES string of the molecule is NCc1ccccc1C(C=O)CCCN1CCCCC1. The summed E-state index contributed by atoms with van der Waals surface area (Å²) >= 11 is 0. The van der Waals surface area contributed by atoms with Crippen molar-refractivity contribution in [2.45, 2.75) is 44.6 Å². The number of rotatable bonds is 7. The van der Waals surface area contributed by atoms with E-state index < -0.39 is 0 Å². The molecular weight excluding hydrogens is 248 g/mol. The highest BCUT2D eigenvalue weighted by molar-refractivity contribution is 5.63. The van der Waals surface area contributed by atoms with Gasteiger partial charge in [-0.2, -0.15) is 0 Å². The van der Waals surface area contributed by atoms with Crippen LogP contribution in [0.15, 0.2) is 24.3 Å². The number of benzene rings is 1. The van der Waals surface area contributed by atoms with E-state index in [0.29, 0.717) is 6.54 Å². The Kier molecular flexibility index (Phi) is 6.22. The van der Waals surface area contributed by atoms with Gasteiger partial charge in [0.1, 0.15) is 6.29 Å². The molecule has 0 radical (unpaired) electrons. The molecule has 1 saturated heterocycles. The van der Waals surface area contributed by atoms with Crippen molar-refractivity contribution in [3.8, 4) is 0 Å². The summed E-state index contributed by atoms with van der Waals surface area (Å²) in [4.78, 5) is 13.9. The summed E-state index contributed by atoms with van der Waals surface area (Å²) in [6, 6.07) is 8.05. The minimum absolute atomic E-state index is 0.000425. The lowest BCUT2D eigenvalue weighted by atomic mass is 9.91. The monoisotopic (exact) mass is 274 g/mol. The Morgan fingerprint density at radius 3 is 2.65 bits per heavy atom. The average Bonchev–Trinajstić information content (AvgIpc) is 2.53. The van der Waals surface area contributed by atoms with Gasteiger partial charge in [0.2, 0.25) is 0 Å². The van der Waals surface area contributed by atoms with Gasteiger partial charge in [-0.1, -0.05) is 30.7 Å². The Balaban J connectivity index is 1.86. The van der Waals surface area contributed by atoms with Gasteiger partial charge in [-0.15, -0.1) is 0 Å². The van der Waals surface area contributed by atoms with E-state index in [-0.39, 0.29) is 5.92 Å². The van der Waals surface area contributed by atoms with Crippen LogP contribution in [0.3, 0.4) is 0 Å². The van der Waals surface area contributed by atoms with Crippen LogP contribution >= 0.6 is 0 Å². The van der Waals surface area contributed by atoms with Gasteiger partial charge in [0, 0.05) is 12.5 Å². The minimum atomic E-state index is -0.000425. The highest BCUT2D eigenvalue weighted by Crippen LogP contribution is 2.23. The van der Waals surface area contributed by atoms with Crippen molar-refractivity contribution < 1.29 is 4.79 Å². The second kappa shape index (κ2) is 8.18. The van der Waals surface area contributed by atoms with E-state index in [4.69, 9.17) is 5.73 Å². The van der Waals surface area contributed by atoms with Gasteiger partial charge >= 0.3 is 0 Å². The molecule has 1 aromatic carbocycles. The largest absolute Gasteiger partial charge is 0.326 e. The first kappa shape index (κ1) is 15.2. The molecule has 0 spiro atoms. The summed E-state index contributed by atoms with van der Waals surface area (Å²) in [5.41, 5.74) is 7.98. The number of hydrogen-bond acceptors (Lipinski definition) is 3. The number of aldehydes is 1. The molecule has 110 valence electrons. The first-order valence-corrected chi connectivity index (χ1v) is 7.80. The molecule has 0 bridgehead atoms. The summed E-state index contributed by atoms with van der Waals surface area (Å²) in [6.07, 6.45) is 7.13. The van der Waals surface area contributed by atoms with E-state index in [1.807, 2.05) is 24.3 Å². The van der Waals surface area contributed by atoms with Crippen LogP contribution in [0.2, 0.25) is 0 Å². The number of likely N-dealkylation sites (tertiary alicyclic amines) is 1. The molecule has 3 heteroatoms. The van der Waals surface area contributed by atoms with Crippen molar-refractivity contribution in [1.82, 2.24) is 4.90 Å². The van der Waals surface area contributed by atoms with Crippen molar-refractivity contribution in [2.75, 3.05) is 19.6 Å². The van der Waals surface area contributed by atoms with Crippen LogP contribution in [0.1, 0.15) is 49.1 Å². The summed E-state index contributed by atoms with van der Waals surface area (Å²) in [5.74, 6) is -0.000425. The van der Waals surface area contributed by atoms with Crippen molar-refractivity contribution in [1.29, 1.82) is 0 Å². The van der Waals surface area contributed by atoms with E-state index >= 15 is 0 Å². The molecule has 0 aromatic heterocycles. The summed E-state index contributed by atoms with van der Waals surface area (Å²) < 4.78 is 0. The second-order valence-electron chi connectivity index (χ2n) is 5.69. The van der Waals surface area contributed by atoms with E-state index in [0.717, 1.165) is 36.8 Å². The number of carbonyl (C=O) groups excluding carboxylic acids is 1. The van der Waals surface area contributed by atoms with Crippen LogP contribution in [0.4, 0.5) is 0 Å². The van der Waals surface area contributed by atoms with Crippen molar-refractivity contribution in [3.05, 3.63) is 35.4 Å². The standard InChI is InChI=1S/C17H26N2O/c18-13-15-7-2-3-9-17(15)16(14-20)8-6-12-19-10-4-1-5-11-19/h2-3,7,9,14,16H,1,4-6,8,10-13,18H2. The van der Waals surface area contributed by atoms with Crippen LogP contribution in [0.25, 0.3) is 0 Å². The summed E-state index contributed by atoms with van der Waals surface area (Å²) in [7, 11) is 0. The van der Waals surface area contributed by atoms with Crippen molar-refractivity contribution in [3.63, 3.8) is 0 Å². The summed E-state index contributed by atoms with van der Waals surface area (Å²) in [6.45, 7) is 4.08. The third-order valence-corrected chi connectivity index (χ3v) is 4.28. The van der Waals surface area contributed by atoms with Crippen LogP contribution < -0.4 is 5.73 Å². The lowest BCUT2D eigenvalue weighted by Gasteiger charge is -2.26. The highest BCUT2D eigenvalue weighted by Gasteiger charge is 2.15. The maximum absolute atomic E-state index is 11.4. The Morgan fingerprint density at radius 2 is 1.95 bits per heavy atom. The molecule has 1 aliphatic rings. The molecule has 1 atom stereocenters. The molecular formula is C17H26N2O. The number of carbonyl (C=O) groups is 1. The average molecular weight is 274 g/mol. The predicted octanol–water partition coefficient (Wildman–Crippen LogP) is 2.69. The zero-order chi connectivity index (χ0) is 14.2. The Labute approximate surface area is 122 Å². The van der Waals surface area contributed by atoms with E-state index in [9.17, 15) is 4.79 Å². The molecule has 3 nitrogen and oxygen atoms in total. The van der Waals surface area contributed by atoms with Gasteiger partial charge < -0.3 is 15.4 Å². The normalized spacial score (nSPS) is 17.9. The first-order chi connectivity index (χ1) is 9.85. The van der Waals surface area contributed by atoms with Crippen LogP contribution in [-0.2, 0) is 11.3 Å². The highest BCUT2D eigenvalue weighted by atomic mass is 16.1. The Morgan fingerprint density at radius 1 is 1.20 bits per heavy atom. The van der Waals surface area contributed by atoms with Gasteiger partial charge in [0.15, 0.2) is 0 Å². The van der Waals surface area contributed by atoms with Crippen LogP contribution in [0.5, 0.6) is 0 Å². The maximum Gasteiger partial charge on any atom is 0.127 e. The quantitative estimate of drug-likeness (QED) is 0.778. The molecule has 0 amide bonds. The van der Waals surface area contributed by atoms with Gasteiger partial charge in [-0.25, -0.2) is 0 Å². The number of nitrogens with two attached hydrogens (primary N) is 1. The predicted molar refractivity (Wildman–Crippen MR) is 82.7 cm³/mol. The minimum Gasteiger partial charge on any atom is -0.326 e. The fourth-order valence-corrected chi connectivity index (χ4v) is 3.10. The Hall–Kier alpha value is -1.19.